The predicted molar refractivity (Wildman–Crippen MR) is 127 cm³/mol. The van der Waals surface area contributed by atoms with E-state index in [-0.39, 0.29) is 97.4 Å². The number of hydrogen-bond donors (Lipinski definition) is 2. The van der Waals surface area contributed by atoms with Crippen LogP contribution in [0.1, 0.15) is 5.82 Å². The van der Waals surface area contributed by atoms with Crippen LogP contribution in [0.4, 0.5) is 27.3 Å². The van der Waals surface area contributed by atoms with Gasteiger partial charge in [0.2, 0.25) is 5.95 Å². The minimum atomic E-state index is -4.85. The number of rotatable bonds is 8. The molecule has 0 atom stereocenters. The Hall–Kier alpha value is -1.44. The van der Waals surface area contributed by atoms with Crippen LogP contribution in [0.3, 0.4) is 0 Å². The quantitative estimate of drug-likeness (QED) is 0.0461. The van der Waals surface area contributed by atoms with Crippen LogP contribution in [-0.4, -0.2) is 28.0 Å². The van der Waals surface area contributed by atoms with Gasteiger partial charge in [0, 0.05) is 11.1 Å². The van der Waals surface area contributed by atoms with E-state index in [1.54, 1.807) is 6.07 Å². The van der Waals surface area contributed by atoms with Crippen LogP contribution in [0.2, 0.25) is 5.02 Å². The third-order valence-corrected chi connectivity index (χ3v) is 6.61. The minimum absolute atomic E-state index is 0. The van der Waals surface area contributed by atoms with Crippen LogP contribution < -0.4 is 69.7 Å². The molecule has 4 rings (SSSR count). The van der Waals surface area contributed by atoms with Crippen molar-refractivity contribution in [2.75, 3.05) is 5.32 Å². The van der Waals surface area contributed by atoms with Crippen molar-refractivity contribution in [1.29, 1.82) is 0 Å². The molecule has 0 spiro atoms. The van der Waals surface area contributed by atoms with Crippen LogP contribution in [-0.2, 0) is 19.5 Å². The Morgan fingerprint density at radius 1 is 1.13 bits per heavy atom. The number of hydrogen-bond acceptors (Lipinski definition) is 13. The third-order valence-electron chi connectivity index (χ3n) is 4.78. The summed E-state index contributed by atoms with van der Waals surface area (Å²) in [6, 6.07) is 11.2. The smallest absolute Gasteiger partial charge is 0.744 e. The number of azo groups is 1. The second-order valence-corrected chi connectivity index (χ2v) is 9.67. The first-order valence-electron chi connectivity index (χ1n) is 9.94. The topological polar surface area (TPSA) is 181 Å². The molecule has 0 aliphatic heterocycles. The minimum Gasteiger partial charge on any atom is -0.744 e. The van der Waals surface area contributed by atoms with Gasteiger partial charge >= 0.3 is 59.1 Å². The molecule has 1 heterocycles. The average Bonchev–Trinajstić information content (AvgIpc) is 2.84. The molecule has 12 nitrogen and oxygen atoms in total. The Kier molecular flexibility index (Phi) is 12.5. The van der Waals surface area contributed by atoms with Gasteiger partial charge in [0.25, 0.3) is 0 Å². The molecule has 0 amide bonds. The van der Waals surface area contributed by atoms with Crippen molar-refractivity contribution >= 4 is 67.4 Å². The molecular weight excluding hydrogens is 599 g/mol. The fourth-order valence-corrected chi connectivity index (χ4v) is 4.47. The maximum Gasteiger partial charge on any atom is 1.00 e. The van der Waals surface area contributed by atoms with Gasteiger partial charge in [-0.2, -0.15) is 8.72 Å². The second kappa shape index (κ2) is 14.5. The number of nitrogens with zero attached hydrogens (tertiary/aromatic N) is 4. The summed E-state index contributed by atoms with van der Waals surface area (Å²) in [6.45, 7) is 1.49. The van der Waals surface area contributed by atoms with E-state index in [9.17, 15) is 27.7 Å². The summed E-state index contributed by atoms with van der Waals surface area (Å²) in [4.78, 5) is 7.04. The molecule has 0 bridgehead atoms. The first kappa shape index (κ1) is 33.8. The summed E-state index contributed by atoms with van der Waals surface area (Å²) in [5.41, 5.74) is -0.0603. The van der Waals surface area contributed by atoms with E-state index in [0.29, 0.717) is 23.1 Å². The zero-order valence-corrected chi connectivity index (χ0v) is 26.8. The molecular formula is C21H13ClFN5Na2O7S2. The number of aromatic hydroxyl groups is 1. The van der Waals surface area contributed by atoms with Crippen molar-refractivity contribution in [2.24, 2.45) is 10.2 Å². The van der Waals surface area contributed by atoms with E-state index < -0.39 is 26.7 Å². The number of nitrogens with one attached hydrogen (secondary N) is 1. The summed E-state index contributed by atoms with van der Waals surface area (Å²) < 4.78 is 52.8. The van der Waals surface area contributed by atoms with E-state index in [1.807, 2.05) is 0 Å². The zero-order valence-electron chi connectivity index (χ0n) is 20.4. The molecule has 0 aliphatic rings. The molecule has 0 saturated heterocycles. The number of fused-ring (bicyclic) bond motifs is 1. The molecule has 192 valence electrons. The molecule has 39 heavy (non-hydrogen) atoms. The number of phenolic OH excluding ortho intramolecular Hbond substituents is 1. The molecule has 0 fully saturated rings. The van der Waals surface area contributed by atoms with Gasteiger partial charge in [-0.3, -0.25) is 5.04 Å². The number of phenols is 1. The summed E-state index contributed by atoms with van der Waals surface area (Å²) in [5, 5.41) is 35.6. The average molecular weight is 612 g/mol. The van der Waals surface area contributed by atoms with E-state index in [1.165, 1.54) is 43.3 Å². The van der Waals surface area contributed by atoms with Gasteiger partial charge in [-0.05, 0) is 48.7 Å². The van der Waals surface area contributed by atoms with Crippen LogP contribution in [0, 0.1) is 12.9 Å². The number of aryl methyl sites for hydroxylation is 1. The van der Waals surface area contributed by atoms with Gasteiger partial charge in [-0.15, -0.1) is 10.2 Å². The molecule has 3 aromatic carbocycles. The molecule has 18 heteroatoms. The van der Waals surface area contributed by atoms with Gasteiger partial charge in [0.15, 0.2) is 11.6 Å². The fourth-order valence-electron chi connectivity index (χ4n) is 3.24. The van der Waals surface area contributed by atoms with E-state index >= 15 is 0 Å². The van der Waals surface area contributed by atoms with Gasteiger partial charge in [-0.1, -0.05) is 23.7 Å². The molecule has 2 N–H and O–H groups in total. The number of benzene rings is 3. The second-order valence-electron chi connectivity index (χ2n) is 7.20. The summed E-state index contributed by atoms with van der Waals surface area (Å²) >= 11 is 6.34. The van der Waals surface area contributed by atoms with Crippen LogP contribution >= 0.6 is 23.6 Å². The van der Waals surface area contributed by atoms with Gasteiger partial charge < -0.3 is 20.2 Å². The standard InChI is InChI=1S/C21H15ClFN5O7S2.2Na/c1-10-24-20(23)17(22)21(25-10)26-12-6-7-13-11(8-12)9-15(36-35-34-30)18(19(13)29)28-27-14-4-2-3-5-16(14)37(31,32)33;;/h2-9,29-30H,1H3,(H,24,25,26)(H,31,32,33);;/q;2*+1/p-2. The Morgan fingerprint density at radius 3 is 2.54 bits per heavy atom. The van der Waals surface area contributed by atoms with E-state index in [0.717, 1.165) is 6.07 Å². The molecule has 4 aromatic rings. The molecule has 0 aliphatic carbocycles. The van der Waals surface area contributed by atoms with Gasteiger partial charge in [-0.25, -0.2) is 18.4 Å². The predicted octanol–water partition coefficient (Wildman–Crippen LogP) is -1.26. The van der Waals surface area contributed by atoms with Crippen molar-refractivity contribution in [2.45, 2.75) is 16.7 Å². The Labute approximate surface area is 274 Å². The number of halogens is 2. The van der Waals surface area contributed by atoms with Crippen molar-refractivity contribution in [1.82, 2.24) is 9.97 Å². The largest absolute Gasteiger partial charge is 1.00 e. The van der Waals surface area contributed by atoms with Crippen LogP contribution in [0.5, 0.6) is 5.75 Å². The normalized spacial score (nSPS) is 11.3. The maximum absolute atomic E-state index is 13.9. The van der Waals surface area contributed by atoms with Crippen molar-refractivity contribution in [3.05, 3.63) is 65.3 Å². The first-order valence-corrected chi connectivity index (χ1v) is 12.5. The summed E-state index contributed by atoms with van der Waals surface area (Å²) in [7, 11) is -4.85. The summed E-state index contributed by atoms with van der Waals surface area (Å²) in [5.74, 6) is -1.14. The molecule has 0 radical (unpaired) electrons. The number of aromatic nitrogens is 2. The zero-order chi connectivity index (χ0) is 26.7. The Balaban J connectivity index is 0.00000267. The SMILES string of the molecule is Cc1nc(F)c(Cl)c(Nc2ccc3c(O)c(N=Nc4ccccc4S(=O)(=O)[O-])c(SOO[O-])cc3c2)n1.[Na+].[Na+]. The molecule has 0 saturated carbocycles. The summed E-state index contributed by atoms with van der Waals surface area (Å²) in [6.07, 6.45) is 0. The molecule has 0 unspecified atom stereocenters. The van der Waals surface area contributed by atoms with Crippen LogP contribution in [0.25, 0.3) is 10.8 Å². The van der Waals surface area contributed by atoms with Crippen molar-refractivity contribution in [3.63, 3.8) is 0 Å². The number of anilines is 2. The van der Waals surface area contributed by atoms with Crippen LogP contribution in [0.15, 0.2) is 68.6 Å². The molecule has 1 aromatic heterocycles. The van der Waals surface area contributed by atoms with Gasteiger partial charge in [0.1, 0.15) is 32.3 Å². The Morgan fingerprint density at radius 2 is 1.85 bits per heavy atom. The monoisotopic (exact) mass is 611 g/mol. The Bertz CT molecular complexity index is 1650. The first-order chi connectivity index (χ1) is 17.6. The van der Waals surface area contributed by atoms with Crippen molar-refractivity contribution < 1.29 is 96.2 Å². The van der Waals surface area contributed by atoms with E-state index in [4.69, 9.17) is 11.6 Å². The van der Waals surface area contributed by atoms with Gasteiger partial charge in [0.05, 0.1) is 21.8 Å². The van der Waals surface area contributed by atoms with Crippen molar-refractivity contribution in [3.8, 4) is 5.75 Å². The maximum atomic E-state index is 13.9. The fraction of sp³-hybridized carbons (Fsp3) is 0.0476. The third kappa shape index (κ3) is 8.07. The van der Waals surface area contributed by atoms with E-state index in [2.05, 4.69) is 34.9 Å².